The lowest BCUT2D eigenvalue weighted by atomic mass is 10.1. The molecule has 1 aromatic carbocycles. The van der Waals surface area contributed by atoms with Crippen LogP contribution in [0.15, 0.2) is 52.1 Å². The molecule has 0 fully saturated rings. The molecule has 1 atom stereocenters. The summed E-state index contributed by atoms with van der Waals surface area (Å²) in [5.74, 6) is -1.15. The van der Waals surface area contributed by atoms with Gasteiger partial charge in [0, 0.05) is 0 Å². The van der Waals surface area contributed by atoms with Crippen LogP contribution in [0, 0.1) is 0 Å². The molecule has 0 spiro atoms. The lowest BCUT2D eigenvalue weighted by Gasteiger charge is -2.14. The van der Waals surface area contributed by atoms with Gasteiger partial charge in [0.15, 0.2) is 6.04 Å². The molecule has 1 unspecified atom stereocenters. The summed E-state index contributed by atoms with van der Waals surface area (Å²) in [6.45, 7) is 0. The van der Waals surface area contributed by atoms with Crippen LogP contribution in [0.3, 0.4) is 0 Å². The number of carbonyl (C=O) groups excluding carboxylic acids is 1. The van der Waals surface area contributed by atoms with Gasteiger partial charge < -0.3 is 10.4 Å². The van der Waals surface area contributed by atoms with Crippen molar-refractivity contribution in [3.8, 4) is 0 Å². The molecule has 1 amide bonds. The zero-order chi connectivity index (χ0) is 14.4. The second kappa shape index (κ2) is 7.12. The SMILES string of the molecule is O=C(CSc1cccs1)NC(C(=O)O)c1ccccc1. The van der Waals surface area contributed by atoms with E-state index in [4.69, 9.17) is 0 Å². The first kappa shape index (κ1) is 14.6. The Bertz CT molecular complexity index is 569. The second-order valence-corrected chi connectivity index (χ2v) is 6.19. The largest absolute Gasteiger partial charge is 0.479 e. The van der Waals surface area contributed by atoms with Crippen molar-refractivity contribution < 1.29 is 14.7 Å². The number of benzene rings is 1. The summed E-state index contributed by atoms with van der Waals surface area (Å²) in [4.78, 5) is 23.1. The molecule has 20 heavy (non-hydrogen) atoms. The Hall–Kier alpha value is -1.79. The van der Waals surface area contributed by atoms with E-state index in [1.165, 1.54) is 11.8 Å². The molecule has 1 aromatic heterocycles. The van der Waals surface area contributed by atoms with Crippen molar-refractivity contribution in [2.45, 2.75) is 10.3 Å². The van der Waals surface area contributed by atoms with Gasteiger partial charge in [0.1, 0.15) is 0 Å². The molecule has 0 saturated carbocycles. The number of carbonyl (C=O) groups is 2. The molecule has 0 aliphatic rings. The molecule has 4 nitrogen and oxygen atoms in total. The van der Waals surface area contributed by atoms with E-state index in [0.29, 0.717) is 5.56 Å². The van der Waals surface area contributed by atoms with Crippen LogP contribution in [0.4, 0.5) is 0 Å². The van der Waals surface area contributed by atoms with E-state index in [1.54, 1.807) is 41.7 Å². The van der Waals surface area contributed by atoms with Crippen LogP contribution in [0.25, 0.3) is 0 Å². The van der Waals surface area contributed by atoms with Crippen LogP contribution in [-0.2, 0) is 9.59 Å². The van der Waals surface area contributed by atoms with E-state index < -0.39 is 12.0 Å². The summed E-state index contributed by atoms with van der Waals surface area (Å²) in [7, 11) is 0. The fourth-order valence-corrected chi connectivity index (χ4v) is 3.21. The van der Waals surface area contributed by atoms with Crippen LogP contribution in [0.2, 0.25) is 0 Å². The fraction of sp³-hybridized carbons (Fsp3) is 0.143. The summed E-state index contributed by atoms with van der Waals surface area (Å²) in [6, 6.07) is 11.5. The number of hydrogen-bond acceptors (Lipinski definition) is 4. The molecule has 2 rings (SSSR count). The van der Waals surface area contributed by atoms with Crippen molar-refractivity contribution in [3.63, 3.8) is 0 Å². The minimum atomic E-state index is -1.06. The van der Waals surface area contributed by atoms with Gasteiger partial charge in [-0.25, -0.2) is 4.79 Å². The predicted octanol–water partition coefficient (Wildman–Crippen LogP) is 2.78. The Morgan fingerprint density at radius 3 is 2.55 bits per heavy atom. The summed E-state index contributed by atoms with van der Waals surface area (Å²) < 4.78 is 1.03. The van der Waals surface area contributed by atoms with Crippen LogP contribution in [-0.4, -0.2) is 22.7 Å². The first-order chi connectivity index (χ1) is 9.66. The number of carboxylic acids is 1. The van der Waals surface area contributed by atoms with Crippen molar-refractivity contribution in [3.05, 3.63) is 53.4 Å². The van der Waals surface area contributed by atoms with E-state index in [9.17, 15) is 14.7 Å². The predicted molar refractivity (Wildman–Crippen MR) is 80.0 cm³/mol. The monoisotopic (exact) mass is 307 g/mol. The Kier molecular flexibility index (Phi) is 5.20. The number of amides is 1. The number of thioether (sulfide) groups is 1. The lowest BCUT2D eigenvalue weighted by Crippen LogP contribution is -2.34. The van der Waals surface area contributed by atoms with Crippen molar-refractivity contribution >= 4 is 35.0 Å². The Labute approximate surface area is 124 Å². The average Bonchev–Trinajstić information content (AvgIpc) is 2.96. The van der Waals surface area contributed by atoms with Crippen molar-refractivity contribution in [1.29, 1.82) is 0 Å². The van der Waals surface area contributed by atoms with Gasteiger partial charge in [-0.15, -0.1) is 23.1 Å². The maximum Gasteiger partial charge on any atom is 0.330 e. The quantitative estimate of drug-likeness (QED) is 0.805. The normalized spacial score (nSPS) is 11.8. The molecule has 104 valence electrons. The molecule has 0 aliphatic carbocycles. The number of carboxylic acid groups (broad SMARTS) is 1. The maximum absolute atomic E-state index is 11.8. The van der Waals surface area contributed by atoms with Gasteiger partial charge in [0.2, 0.25) is 5.91 Å². The van der Waals surface area contributed by atoms with Gasteiger partial charge in [-0.3, -0.25) is 4.79 Å². The van der Waals surface area contributed by atoms with Crippen LogP contribution in [0.5, 0.6) is 0 Å². The highest BCUT2D eigenvalue weighted by molar-refractivity contribution is 8.01. The van der Waals surface area contributed by atoms with Gasteiger partial charge in [0.05, 0.1) is 9.96 Å². The topological polar surface area (TPSA) is 66.4 Å². The third-order valence-corrected chi connectivity index (χ3v) is 4.66. The van der Waals surface area contributed by atoms with Gasteiger partial charge >= 0.3 is 5.97 Å². The third kappa shape index (κ3) is 4.11. The maximum atomic E-state index is 11.8. The molecule has 0 aliphatic heterocycles. The number of nitrogens with one attached hydrogen (secondary N) is 1. The minimum Gasteiger partial charge on any atom is -0.479 e. The van der Waals surface area contributed by atoms with E-state index in [1.807, 2.05) is 17.5 Å². The highest BCUT2D eigenvalue weighted by Crippen LogP contribution is 2.23. The molecule has 1 heterocycles. The Balaban J connectivity index is 1.95. The first-order valence-corrected chi connectivity index (χ1v) is 7.77. The van der Waals surface area contributed by atoms with Gasteiger partial charge in [-0.05, 0) is 17.0 Å². The van der Waals surface area contributed by atoms with E-state index in [2.05, 4.69) is 5.32 Å². The molecule has 2 aromatic rings. The van der Waals surface area contributed by atoms with Crippen LogP contribution in [0.1, 0.15) is 11.6 Å². The molecule has 0 bridgehead atoms. The zero-order valence-electron chi connectivity index (χ0n) is 10.5. The summed E-state index contributed by atoms with van der Waals surface area (Å²) in [5, 5.41) is 13.7. The third-order valence-electron chi connectivity index (χ3n) is 2.53. The Morgan fingerprint density at radius 1 is 1.20 bits per heavy atom. The molecule has 0 saturated heterocycles. The van der Waals surface area contributed by atoms with Crippen LogP contribution < -0.4 is 5.32 Å². The molecular formula is C14H13NO3S2. The Morgan fingerprint density at radius 2 is 1.95 bits per heavy atom. The first-order valence-electron chi connectivity index (χ1n) is 5.90. The van der Waals surface area contributed by atoms with Crippen molar-refractivity contribution in [1.82, 2.24) is 5.32 Å². The van der Waals surface area contributed by atoms with E-state index in [0.717, 1.165) is 4.21 Å². The minimum absolute atomic E-state index is 0.205. The van der Waals surface area contributed by atoms with Crippen molar-refractivity contribution in [2.24, 2.45) is 0 Å². The van der Waals surface area contributed by atoms with Gasteiger partial charge in [-0.1, -0.05) is 36.4 Å². The van der Waals surface area contributed by atoms with E-state index >= 15 is 0 Å². The van der Waals surface area contributed by atoms with E-state index in [-0.39, 0.29) is 11.7 Å². The highest BCUT2D eigenvalue weighted by Gasteiger charge is 2.21. The smallest absolute Gasteiger partial charge is 0.330 e. The molecule has 0 radical (unpaired) electrons. The number of thiophene rings is 1. The van der Waals surface area contributed by atoms with Crippen molar-refractivity contribution in [2.75, 3.05) is 5.75 Å². The van der Waals surface area contributed by atoms with Crippen LogP contribution >= 0.6 is 23.1 Å². The summed E-state index contributed by atoms with van der Waals surface area (Å²) in [6.07, 6.45) is 0. The second-order valence-electron chi connectivity index (χ2n) is 3.97. The summed E-state index contributed by atoms with van der Waals surface area (Å²) in [5.41, 5.74) is 0.564. The molecular weight excluding hydrogens is 294 g/mol. The zero-order valence-corrected chi connectivity index (χ0v) is 12.1. The standard InChI is InChI=1S/C14H13NO3S2/c16-11(9-20-12-7-4-8-19-12)15-13(14(17)18)10-5-2-1-3-6-10/h1-8,13H,9H2,(H,15,16)(H,17,18). The summed E-state index contributed by atoms with van der Waals surface area (Å²) >= 11 is 2.95. The number of rotatable bonds is 6. The fourth-order valence-electron chi connectivity index (χ4n) is 1.62. The molecule has 2 N–H and O–H groups in total. The number of hydrogen-bond donors (Lipinski definition) is 2. The number of aliphatic carboxylic acids is 1. The molecule has 6 heteroatoms. The lowest BCUT2D eigenvalue weighted by molar-refractivity contribution is -0.141. The average molecular weight is 307 g/mol. The van der Waals surface area contributed by atoms with Gasteiger partial charge in [0.25, 0.3) is 0 Å². The highest BCUT2D eigenvalue weighted by atomic mass is 32.2. The van der Waals surface area contributed by atoms with Gasteiger partial charge in [-0.2, -0.15) is 0 Å².